The van der Waals surface area contributed by atoms with Gasteiger partial charge in [-0.05, 0) is 56.6 Å². The molecule has 248 valence electrons. The fourth-order valence-electron chi connectivity index (χ4n) is 6.80. The van der Waals surface area contributed by atoms with E-state index in [1.165, 1.54) is 25.1 Å². The minimum atomic E-state index is -2.82. The summed E-state index contributed by atoms with van der Waals surface area (Å²) in [6, 6.07) is 1.81. The zero-order valence-corrected chi connectivity index (χ0v) is 25.5. The Balaban J connectivity index is 1.61. The molecule has 47 heavy (non-hydrogen) atoms. The summed E-state index contributed by atoms with van der Waals surface area (Å²) < 4.78 is 13.8. The number of nitro groups is 1. The topological polar surface area (TPSA) is 249 Å². The lowest BCUT2D eigenvalue weighted by Crippen LogP contribution is -2.65. The zero-order valence-electron chi connectivity index (χ0n) is 25.5. The van der Waals surface area contributed by atoms with Crippen LogP contribution in [0.15, 0.2) is 41.2 Å². The number of likely N-dealkylation sites (N-methyl/N-ethyl adjacent to an activating group) is 1. The van der Waals surface area contributed by atoms with Gasteiger partial charge in [-0.15, -0.1) is 0 Å². The van der Waals surface area contributed by atoms with E-state index < -0.39 is 86.3 Å². The molecule has 8 N–H and O–H groups in total. The number of Topliss-reactive ketones (excluding diaryl/α,β-unsaturated/α-hetero) is 2. The minimum Gasteiger partial charge on any atom is -0.508 e. The van der Waals surface area contributed by atoms with Crippen molar-refractivity contribution in [2.24, 2.45) is 17.6 Å². The number of nitrogens with zero attached hydrogens (tertiary/aromatic N) is 3. The maximum atomic E-state index is 14.1. The number of anilines is 3. The number of phenolic OH excluding ortho intramolecular Hbond substituents is 1. The molecular weight excluding hydrogens is 623 g/mol. The van der Waals surface area contributed by atoms with Crippen LogP contribution in [0.3, 0.4) is 0 Å². The summed E-state index contributed by atoms with van der Waals surface area (Å²) in [4.78, 5) is 65.5. The van der Waals surface area contributed by atoms with Crippen molar-refractivity contribution in [1.29, 1.82) is 0 Å². The highest BCUT2D eigenvalue weighted by Crippen LogP contribution is 2.54. The number of nitro benzene ring substituents is 1. The molecule has 1 saturated carbocycles. The molecule has 5 rings (SSSR count). The molecule has 2 aromatic rings. The average Bonchev–Trinajstić information content (AvgIpc) is 2.96. The Morgan fingerprint density at radius 2 is 1.77 bits per heavy atom. The number of carbonyl (C=O) groups is 4. The van der Waals surface area contributed by atoms with Gasteiger partial charge in [0.05, 0.1) is 22.2 Å². The van der Waals surface area contributed by atoms with Crippen LogP contribution in [-0.2, 0) is 20.8 Å². The molecule has 1 fully saturated rings. The lowest BCUT2D eigenvalue weighted by molar-refractivity contribution is -0.387. The Kier molecular flexibility index (Phi) is 7.93. The van der Waals surface area contributed by atoms with Crippen LogP contribution in [0.5, 0.6) is 5.75 Å². The number of phenols is 1. The predicted octanol–water partition coefficient (Wildman–Crippen LogP) is 1.72. The number of halogens is 1. The number of nitrogens with one attached hydrogen (secondary N) is 2. The van der Waals surface area contributed by atoms with Crippen LogP contribution in [0.25, 0.3) is 5.76 Å². The fraction of sp³-hybridized carbons (Fsp3) is 0.333. The average molecular weight is 655 g/mol. The first-order chi connectivity index (χ1) is 21.9. The van der Waals surface area contributed by atoms with Crippen LogP contribution in [0, 0.1) is 27.8 Å². The van der Waals surface area contributed by atoms with Crippen LogP contribution in [0.2, 0.25) is 0 Å². The number of urea groups is 1. The summed E-state index contributed by atoms with van der Waals surface area (Å²) in [6.07, 6.45) is -0.0903. The number of benzene rings is 2. The number of aromatic hydroxyl groups is 1. The number of aliphatic hydroxyl groups excluding tert-OH is 2. The molecule has 16 nitrogen and oxygen atoms in total. The second-order valence-corrected chi connectivity index (χ2v) is 12.0. The number of rotatable bonds is 6. The highest BCUT2D eigenvalue weighted by Gasteiger charge is 2.64. The molecule has 0 spiro atoms. The van der Waals surface area contributed by atoms with Gasteiger partial charge in [-0.25, -0.2) is 4.79 Å². The van der Waals surface area contributed by atoms with Crippen LogP contribution >= 0.6 is 0 Å². The summed E-state index contributed by atoms with van der Waals surface area (Å²) >= 11 is 0. The van der Waals surface area contributed by atoms with Crippen molar-refractivity contribution in [2.45, 2.75) is 24.5 Å². The molecule has 0 unspecified atom stereocenters. The van der Waals surface area contributed by atoms with Crippen molar-refractivity contribution in [3.63, 3.8) is 0 Å². The Hall–Kier alpha value is -5.55. The molecular formula is C30H31FN6O10. The third kappa shape index (κ3) is 4.99. The van der Waals surface area contributed by atoms with Gasteiger partial charge < -0.3 is 41.7 Å². The van der Waals surface area contributed by atoms with E-state index in [4.69, 9.17) is 5.73 Å². The molecule has 17 heteroatoms. The number of aliphatic hydroxyl groups is 3. The number of nitrogens with two attached hydrogens (primary N) is 1. The molecule has 0 bridgehead atoms. The van der Waals surface area contributed by atoms with Gasteiger partial charge >= 0.3 is 11.7 Å². The molecule has 0 aromatic heterocycles. The molecule has 0 radical (unpaired) electrons. The number of carbonyl (C=O) groups excluding carboxylic acids is 4. The molecule has 4 atom stereocenters. The van der Waals surface area contributed by atoms with Crippen LogP contribution in [-0.4, -0.2) is 93.6 Å². The number of amides is 3. The number of primary amides is 1. The Labute approximate surface area is 265 Å². The molecule has 0 heterocycles. The maximum Gasteiger partial charge on any atom is 0.323 e. The second kappa shape index (κ2) is 11.4. The predicted molar refractivity (Wildman–Crippen MR) is 164 cm³/mol. The first kappa shape index (κ1) is 32.8. The number of hydrogen-bond acceptors (Lipinski definition) is 12. The largest absolute Gasteiger partial charge is 0.508 e. The summed E-state index contributed by atoms with van der Waals surface area (Å²) in [7, 11) is 6.28. The van der Waals surface area contributed by atoms with Crippen LogP contribution in [0.4, 0.5) is 31.9 Å². The van der Waals surface area contributed by atoms with E-state index in [9.17, 15) is 54.1 Å². The molecule has 3 aliphatic carbocycles. The highest BCUT2D eigenvalue weighted by atomic mass is 19.1. The molecule has 0 saturated heterocycles. The van der Waals surface area contributed by atoms with E-state index in [0.29, 0.717) is 11.3 Å². The molecule has 3 aliphatic rings. The van der Waals surface area contributed by atoms with Gasteiger partial charge in [-0.2, -0.15) is 4.39 Å². The van der Waals surface area contributed by atoms with Crippen molar-refractivity contribution in [3.8, 4) is 5.75 Å². The van der Waals surface area contributed by atoms with Gasteiger partial charge in [0.15, 0.2) is 17.1 Å². The Morgan fingerprint density at radius 3 is 2.34 bits per heavy atom. The van der Waals surface area contributed by atoms with E-state index >= 15 is 0 Å². The van der Waals surface area contributed by atoms with Crippen LogP contribution < -0.4 is 21.3 Å². The summed E-state index contributed by atoms with van der Waals surface area (Å²) in [5.74, 6) is -9.27. The zero-order chi connectivity index (χ0) is 34.9. The lowest BCUT2D eigenvalue weighted by atomic mass is 9.57. The van der Waals surface area contributed by atoms with Gasteiger partial charge in [0.1, 0.15) is 17.1 Å². The molecule has 3 amide bonds. The van der Waals surface area contributed by atoms with Gasteiger partial charge in [-0.3, -0.25) is 29.4 Å². The first-order valence-electron chi connectivity index (χ1n) is 14.1. The minimum absolute atomic E-state index is 0.0152. The second-order valence-electron chi connectivity index (χ2n) is 12.0. The van der Waals surface area contributed by atoms with Gasteiger partial charge in [0.2, 0.25) is 11.6 Å². The number of ketones is 2. The summed E-state index contributed by atoms with van der Waals surface area (Å²) in [6.45, 7) is 0. The maximum absolute atomic E-state index is 14.1. The lowest BCUT2D eigenvalue weighted by Gasteiger charge is -2.50. The van der Waals surface area contributed by atoms with E-state index in [1.54, 1.807) is 19.0 Å². The first-order valence-corrected chi connectivity index (χ1v) is 14.1. The highest BCUT2D eigenvalue weighted by molar-refractivity contribution is 6.24. The smallest absolute Gasteiger partial charge is 0.323 e. The third-order valence-corrected chi connectivity index (χ3v) is 8.83. The molecule has 2 aromatic carbocycles. The third-order valence-electron chi connectivity index (χ3n) is 8.83. The van der Waals surface area contributed by atoms with E-state index in [1.807, 2.05) is 0 Å². The Morgan fingerprint density at radius 1 is 1.11 bits per heavy atom. The van der Waals surface area contributed by atoms with Crippen molar-refractivity contribution in [1.82, 2.24) is 4.90 Å². The van der Waals surface area contributed by atoms with Gasteiger partial charge in [0, 0.05) is 43.0 Å². The van der Waals surface area contributed by atoms with Crippen molar-refractivity contribution >= 4 is 52.0 Å². The Bertz CT molecular complexity index is 1850. The summed E-state index contributed by atoms with van der Waals surface area (Å²) in [5, 5.41) is 61.5. The molecule has 0 aliphatic heterocycles. The standard InChI is InChI=1S/C30H31FN6O10/c1-35(2)17-10-16(34-29(44)33-12-5-6-15(31)18(9-12)37(46)47)23(38)20-13(17)7-11-8-14-22(36(3)4)25(40)21(28(32)43)27(42)30(14,45)26(41)19(11)24(20)39/h5-6,9-11,14,22,38-39,42,45H,7-8H2,1-4H3,(H2,32,43)(H2,33,34,44)/t11-,14-,22-,30-/m0/s1. The van der Waals surface area contributed by atoms with Crippen molar-refractivity contribution in [3.05, 3.63) is 68.2 Å². The van der Waals surface area contributed by atoms with Crippen LogP contribution in [0.1, 0.15) is 17.5 Å². The normalized spacial score (nSPS) is 23.6. The number of hydrogen-bond donors (Lipinski definition) is 7. The fourth-order valence-corrected chi connectivity index (χ4v) is 6.80. The van der Waals surface area contributed by atoms with E-state index in [2.05, 4.69) is 10.6 Å². The monoisotopic (exact) mass is 654 g/mol. The SMILES string of the molecule is CN(C)c1cc(NC(=O)Nc2ccc(F)c([N+](=O)[O-])c2)c(O)c2c1C[C@H]1C[C@H]3[C@H](N(C)C)C(=O)C(C(N)=O)=C(O)[C@@]3(O)C(=O)C1=C2O. The van der Waals surface area contributed by atoms with E-state index in [-0.39, 0.29) is 35.4 Å². The van der Waals surface area contributed by atoms with Gasteiger partial charge in [-0.1, -0.05) is 0 Å². The number of fused-ring (bicyclic) bond motifs is 3. The van der Waals surface area contributed by atoms with Gasteiger partial charge in [0.25, 0.3) is 5.91 Å². The summed E-state index contributed by atoms with van der Waals surface area (Å²) in [5.41, 5.74) is 0.417. The van der Waals surface area contributed by atoms with Crippen molar-refractivity contribution in [2.75, 3.05) is 43.7 Å². The van der Waals surface area contributed by atoms with E-state index in [0.717, 1.165) is 18.2 Å². The quantitative estimate of drug-likeness (QED) is 0.102. The van der Waals surface area contributed by atoms with Crippen molar-refractivity contribution < 1.29 is 48.9 Å².